The minimum Gasteiger partial charge on any atom is -0.461 e. The average molecular weight is 559 g/mol. The number of aryl methyl sites for hydroxylation is 6. The zero-order chi connectivity index (χ0) is 29.1. The molecule has 0 saturated heterocycles. The predicted molar refractivity (Wildman–Crippen MR) is 161 cm³/mol. The molecule has 0 spiro atoms. The lowest BCUT2D eigenvalue weighted by Gasteiger charge is -2.22. The number of rotatable bonds is 6. The predicted octanol–water partition coefficient (Wildman–Crippen LogP) is 11.1. The first-order valence-electron chi connectivity index (χ1n) is 13.9. The third kappa shape index (κ3) is 4.27. The molecule has 7 rings (SSSR count). The van der Waals surface area contributed by atoms with Crippen molar-refractivity contribution in [1.29, 1.82) is 0 Å². The first kappa shape index (κ1) is 25.8. The van der Waals surface area contributed by atoms with Crippen molar-refractivity contribution in [3.8, 4) is 67.9 Å². The Morgan fingerprint density at radius 2 is 0.381 bits per heavy atom. The van der Waals surface area contributed by atoms with E-state index >= 15 is 0 Å². The van der Waals surface area contributed by atoms with Gasteiger partial charge in [0.1, 0.15) is 69.1 Å². The van der Waals surface area contributed by atoms with Gasteiger partial charge in [0.25, 0.3) is 0 Å². The van der Waals surface area contributed by atoms with Crippen LogP contribution in [0.2, 0.25) is 0 Å². The Morgan fingerprint density at radius 3 is 0.476 bits per heavy atom. The zero-order valence-corrected chi connectivity index (χ0v) is 24.4. The molecule has 6 heterocycles. The summed E-state index contributed by atoms with van der Waals surface area (Å²) in [5, 5.41) is 0. The molecule has 0 radical (unpaired) electrons. The molecule has 0 N–H and O–H groups in total. The number of hydrogen-bond donors (Lipinski definition) is 0. The Bertz CT molecular complexity index is 1660. The molecule has 0 unspecified atom stereocenters. The third-order valence-electron chi connectivity index (χ3n) is 7.42. The summed E-state index contributed by atoms with van der Waals surface area (Å²) in [6, 6.07) is 23.6. The minimum atomic E-state index is 0.664. The molecule has 0 aliphatic rings. The SMILES string of the molecule is Cc1ccc(-c2c(-c3ccc(C)o3)c(-c3ccc(C)o3)c(-c3ccc(C)o3)c(-c3ccc(C)o3)c2-c2ccc(C)o2)o1. The van der Waals surface area contributed by atoms with Crippen LogP contribution in [0.25, 0.3) is 67.9 Å². The van der Waals surface area contributed by atoms with Gasteiger partial charge >= 0.3 is 0 Å². The maximum atomic E-state index is 6.38. The second-order valence-electron chi connectivity index (χ2n) is 10.7. The summed E-state index contributed by atoms with van der Waals surface area (Å²) >= 11 is 0. The normalized spacial score (nSPS) is 11.6. The molecule has 0 bridgehead atoms. The highest BCUT2D eigenvalue weighted by atomic mass is 16.4. The highest BCUT2D eigenvalue weighted by Gasteiger charge is 2.35. The lowest BCUT2D eigenvalue weighted by atomic mass is 9.81. The highest BCUT2D eigenvalue weighted by Crippen LogP contribution is 2.56. The molecule has 0 aliphatic carbocycles. The van der Waals surface area contributed by atoms with E-state index in [9.17, 15) is 0 Å². The Kier molecular flexibility index (Phi) is 6.01. The van der Waals surface area contributed by atoms with Crippen LogP contribution in [0.1, 0.15) is 34.6 Å². The van der Waals surface area contributed by atoms with E-state index in [1.165, 1.54) is 0 Å². The van der Waals surface area contributed by atoms with E-state index in [-0.39, 0.29) is 0 Å². The average Bonchev–Trinajstić information content (AvgIpc) is 3.78. The summed E-state index contributed by atoms with van der Waals surface area (Å²) in [5.41, 5.74) is 4.79. The van der Waals surface area contributed by atoms with Gasteiger partial charge < -0.3 is 26.5 Å². The van der Waals surface area contributed by atoms with E-state index < -0.39 is 0 Å². The standard InChI is InChI=1S/C36H30O6/c1-19-7-13-25(37-19)31-32(26-14-8-20(2)38-26)34(28-16-10-22(4)40-28)36(30-18-12-24(6)42-30)35(29-17-11-23(5)41-29)33(31)27-15-9-21(3)39-27/h7-18H,1-6H3. The van der Waals surface area contributed by atoms with Crippen molar-refractivity contribution in [2.45, 2.75) is 41.5 Å². The van der Waals surface area contributed by atoms with Crippen LogP contribution >= 0.6 is 0 Å². The van der Waals surface area contributed by atoms with Crippen molar-refractivity contribution < 1.29 is 26.5 Å². The van der Waals surface area contributed by atoms with Crippen LogP contribution in [0.15, 0.2) is 99.3 Å². The minimum absolute atomic E-state index is 0.664. The largest absolute Gasteiger partial charge is 0.461 e. The summed E-state index contributed by atoms with van der Waals surface area (Å²) in [6.07, 6.45) is 0. The van der Waals surface area contributed by atoms with Crippen molar-refractivity contribution in [3.63, 3.8) is 0 Å². The Labute approximate surface area is 243 Å². The second kappa shape index (κ2) is 9.77. The summed E-state index contributed by atoms with van der Waals surface area (Å²) in [4.78, 5) is 0. The van der Waals surface area contributed by atoms with Crippen LogP contribution in [-0.4, -0.2) is 0 Å². The summed E-state index contributed by atoms with van der Waals surface area (Å²) < 4.78 is 38.3. The Hall–Kier alpha value is -5.10. The first-order chi connectivity index (χ1) is 20.3. The lowest BCUT2D eigenvalue weighted by molar-refractivity contribution is 0.532. The van der Waals surface area contributed by atoms with Gasteiger partial charge in [-0.15, -0.1) is 0 Å². The van der Waals surface area contributed by atoms with Crippen molar-refractivity contribution in [2.75, 3.05) is 0 Å². The molecule has 0 aliphatic heterocycles. The molecule has 1 aromatic carbocycles. The fourth-order valence-corrected chi connectivity index (χ4v) is 5.64. The number of hydrogen-bond acceptors (Lipinski definition) is 6. The molecule has 6 heteroatoms. The van der Waals surface area contributed by atoms with Gasteiger partial charge in [-0.05, 0) is 114 Å². The van der Waals surface area contributed by atoms with E-state index in [4.69, 9.17) is 26.5 Å². The van der Waals surface area contributed by atoms with Crippen LogP contribution in [0, 0.1) is 41.5 Å². The van der Waals surface area contributed by atoms with Gasteiger partial charge in [-0.2, -0.15) is 0 Å². The van der Waals surface area contributed by atoms with Gasteiger partial charge in [0.15, 0.2) is 0 Å². The van der Waals surface area contributed by atoms with Gasteiger partial charge in [0.05, 0.1) is 0 Å². The number of benzene rings is 1. The van der Waals surface area contributed by atoms with E-state index in [0.717, 1.165) is 67.9 Å². The third-order valence-corrected chi connectivity index (χ3v) is 7.42. The molecule has 0 fully saturated rings. The van der Waals surface area contributed by atoms with Gasteiger partial charge in [0.2, 0.25) is 0 Å². The van der Waals surface area contributed by atoms with Crippen molar-refractivity contribution >= 4 is 0 Å². The fourth-order valence-electron chi connectivity index (χ4n) is 5.64. The van der Waals surface area contributed by atoms with Gasteiger partial charge in [-0.3, -0.25) is 0 Å². The van der Waals surface area contributed by atoms with Crippen molar-refractivity contribution in [2.24, 2.45) is 0 Å². The van der Waals surface area contributed by atoms with E-state index in [2.05, 4.69) is 0 Å². The molecular weight excluding hydrogens is 528 g/mol. The van der Waals surface area contributed by atoms with Crippen LogP contribution in [0.4, 0.5) is 0 Å². The maximum absolute atomic E-state index is 6.38. The first-order valence-corrected chi connectivity index (χ1v) is 13.9. The van der Waals surface area contributed by atoms with Crippen LogP contribution in [-0.2, 0) is 0 Å². The Balaban J connectivity index is 1.80. The summed E-state index contributed by atoms with van der Waals surface area (Å²) in [5.74, 6) is 8.68. The van der Waals surface area contributed by atoms with Gasteiger partial charge in [-0.25, -0.2) is 0 Å². The van der Waals surface area contributed by atoms with E-state index in [1.54, 1.807) is 0 Å². The quantitative estimate of drug-likeness (QED) is 0.202. The number of furan rings is 6. The smallest absolute Gasteiger partial charge is 0.135 e. The zero-order valence-electron chi connectivity index (χ0n) is 24.4. The molecule has 210 valence electrons. The van der Waals surface area contributed by atoms with Crippen molar-refractivity contribution in [1.82, 2.24) is 0 Å². The van der Waals surface area contributed by atoms with Crippen molar-refractivity contribution in [3.05, 3.63) is 107 Å². The molecular formula is C36H30O6. The Morgan fingerprint density at radius 1 is 0.238 bits per heavy atom. The molecule has 0 saturated carbocycles. The molecule has 0 atom stereocenters. The second-order valence-corrected chi connectivity index (χ2v) is 10.7. The van der Waals surface area contributed by atoms with Crippen LogP contribution < -0.4 is 0 Å². The van der Waals surface area contributed by atoms with E-state index in [1.807, 2.05) is 114 Å². The van der Waals surface area contributed by atoms with Gasteiger partial charge in [0, 0.05) is 33.4 Å². The topological polar surface area (TPSA) is 78.8 Å². The summed E-state index contributed by atoms with van der Waals surface area (Å²) in [6.45, 7) is 11.6. The molecule has 0 amide bonds. The molecule has 6 nitrogen and oxygen atoms in total. The monoisotopic (exact) mass is 558 g/mol. The molecule has 42 heavy (non-hydrogen) atoms. The summed E-state index contributed by atoms with van der Waals surface area (Å²) in [7, 11) is 0. The van der Waals surface area contributed by atoms with Crippen LogP contribution in [0.3, 0.4) is 0 Å². The van der Waals surface area contributed by atoms with Crippen LogP contribution in [0.5, 0.6) is 0 Å². The highest BCUT2D eigenvalue weighted by molar-refractivity contribution is 6.11. The molecule has 6 aromatic heterocycles. The van der Waals surface area contributed by atoms with E-state index in [0.29, 0.717) is 34.6 Å². The molecule has 7 aromatic rings. The fraction of sp³-hybridized carbons (Fsp3) is 0.167. The maximum Gasteiger partial charge on any atom is 0.135 e. The van der Waals surface area contributed by atoms with Gasteiger partial charge in [-0.1, -0.05) is 0 Å². The lowest BCUT2D eigenvalue weighted by Crippen LogP contribution is -2.00.